The average molecular weight is 367 g/mol. The van der Waals surface area contributed by atoms with Gasteiger partial charge in [-0.1, -0.05) is 38.1 Å². The first-order chi connectivity index (χ1) is 12.9. The van der Waals surface area contributed by atoms with Gasteiger partial charge in [0.25, 0.3) is 0 Å². The van der Waals surface area contributed by atoms with Crippen LogP contribution in [0.2, 0.25) is 0 Å². The van der Waals surface area contributed by atoms with Gasteiger partial charge < -0.3 is 15.3 Å². The van der Waals surface area contributed by atoms with Crippen molar-refractivity contribution in [1.29, 1.82) is 0 Å². The lowest BCUT2D eigenvalue weighted by Gasteiger charge is -2.27. The normalized spacial score (nSPS) is 15.4. The number of aliphatic hydroxyl groups excluding tert-OH is 2. The molecule has 0 aliphatic carbocycles. The fraction of sp³-hybridized carbons (Fsp3) is 0.348. The molecule has 0 aliphatic rings. The molecule has 0 saturated heterocycles. The number of phenolic OH excluding ortho intramolecular Hbond substituents is 1. The van der Waals surface area contributed by atoms with Gasteiger partial charge in [0.1, 0.15) is 5.75 Å². The summed E-state index contributed by atoms with van der Waals surface area (Å²) in [6.07, 6.45) is 5.17. The molecule has 0 fully saturated rings. The van der Waals surface area contributed by atoms with Crippen LogP contribution in [0.15, 0.2) is 61.3 Å². The maximum atomic E-state index is 10.6. The molecule has 1 aromatic heterocycles. The first kappa shape index (κ1) is 20.9. The zero-order chi connectivity index (χ0) is 19.8. The summed E-state index contributed by atoms with van der Waals surface area (Å²) >= 11 is 0. The van der Waals surface area contributed by atoms with E-state index in [2.05, 4.69) is 11.6 Å². The predicted molar refractivity (Wildman–Crippen MR) is 110 cm³/mol. The van der Waals surface area contributed by atoms with E-state index in [0.717, 1.165) is 16.8 Å². The second-order valence-corrected chi connectivity index (χ2v) is 7.13. The van der Waals surface area contributed by atoms with E-state index < -0.39 is 12.2 Å². The number of pyridine rings is 1. The summed E-state index contributed by atoms with van der Waals surface area (Å²) in [5, 5.41) is 30.4. The zero-order valence-electron chi connectivity index (χ0n) is 16.0. The van der Waals surface area contributed by atoms with Crippen LogP contribution in [0.1, 0.15) is 37.9 Å². The van der Waals surface area contributed by atoms with Crippen molar-refractivity contribution in [3.63, 3.8) is 0 Å². The van der Waals surface area contributed by atoms with E-state index in [9.17, 15) is 15.3 Å². The first-order valence-corrected chi connectivity index (χ1v) is 9.32. The third-order valence-corrected chi connectivity index (χ3v) is 4.73. The highest BCUT2D eigenvalue weighted by atomic mass is 16.3. The third-order valence-electron chi connectivity index (χ3n) is 4.73. The molecular weight excluding hydrogens is 338 g/mol. The van der Waals surface area contributed by atoms with E-state index in [4.69, 9.17) is 0 Å². The van der Waals surface area contributed by atoms with Crippen LogP contribution in [0.25, 0.3) is 11.6 Å². The van der Waals surface area contributed by atoms with Gasteiger partial charge in [-0.05, 0) is 60.2 Å². The number of phenols is 1. The van der Waals surface area contributed by atoms with Gasteiger partial charge >= 0.3 is 0 Å². The Labute approximate surface area is 161 Å². The maximum absolute atomic E-state index is 10.6. The van der Waals surface area contributed by atoms with Gasteiger partial charge in [0.05, 0.1) is 17.9 Å². The fourth-order valence-corrected chi connectivity index (χ4v) is 3.06. The number of aliphatic hydroxyl groups is 2. The predicted octanol–water partition coefficient (Wildman–Crippen LogP) is 4.29. The van der Waals surface area contributed by atoms with Crippen molar-refractivity contribution in [2.24, 2.45) is 11.8 Å². The Morgan fingerprint density at radius 1 is 1.11 bits per heavy atom. The third kappa shape index (κ3) is 6.05. The highest BCUT2D eigenvalue weighted by Crippen LogP contribution is 2.27. The van der Waals surface area contributed by atoms with Crippen LogP contribution in [-0.2, 0) is 0 Å². The molecular formula is C23H29NO3. The smallest absolute Gasteiger partial charge is 0.115 e. The van der Waals surface area contributed by atoms with E-state index >= 15 is 0 Å². The van der Waals surface area contributed by atoms with Gasteiger partial charge in [0.15, 0.2) is 0 Å². The van der Waals surface area contributed by atoms with E-state index in [1.54, 1.807) is 24.4 Å². The molecule has 27 heavy (non-hydrogen) atoms. The average Bonchev–Trinajstić information content (AvgIpc) is 2.67. The molecule has 2 rings (SSSR count). The zero-order valence-corrected chi connectivity index (χ0v) is 16.0. The van der Waals surface area contributed by atoms with Gasteiger partial charge in [0, 0.05) is 12.1 Å². The highest BCUT2D eigenvalue weighted by Gasteiger charge is 2.26. The molecule has 0 amide bonds. The maximum Gasteiger partial charge on any atom is 0.115 e. The van der Waals surface area contributed by atoms with E-state index in [1.807, 2.05) is 50.3 Å². The van der Waals surface area contributed by atoms with Crippen molar-refractivity contribution in [1.82, 2.24) is 4.98 Å². The van der Waals surface area contributed by atoms with Gasteiger partial charge in [-0.25, -0.2) is 0 Å². The van der Waals surface area contributed by atoms with E-state index in [0.29, 0.717) is 12.8 Å². The molecule has 0 radical (unpaired) electrons. The lowest BCUT2D eigenvalue weighted by Crippen LogP contribution is -2.33. The quantitative estimate of drug-likeness (QED) is 0.578. The summed E-state index contributed by atoms with van der Waals surface area (Å²) in [6.45, 7) is 7.63. The SMILES string of the molecule is C=C[C@H]([C@H](O)CC/C(=C/c1ccc(O)cc1)c1ccccn1)[C@H](O)C(C)C. The lowest BCUT2D eigenvalue weighted by molar-refractivity contribution is 0.00938. The lowest BCUT2D eigenvalue weighted by atomic mass is 9.86. The molecule has 1 aromatic carbocycles. The first-order valence-electron chi connectivity index (χ1n) is 9.32. The van der Waals surface area contributed by atoms with Crippen molar-refractivity contribution >= 4 is 11.6 Å². The van der Waals surface area contributed by atoms with Crippen molar-refractivity contribution in [3.8, 4) is 5.75 Å². The number of hydrogen-bond donors (Lipinski definition) is 3. The van der Waals surface area contributed by atoms with Crippen LogP contribution in [-0.4, -0.2) is 32.5 Å². The van der Waals surface area contributed by atoms with Crippen LogP contribution in [0.3, 0.4) is 0 Å². The van der Waals surface area contributed by atoms with Crippen LogP contribution in [0.4, 0.5) is 0 Å². The Hall–Kier alpha value is -2.43. The molecule has 144 valence electrons. The molecule has 0 aliphatic heterocycles. The number of aromatic nitrogens is 1. The summed E-state index contributed by atoms with van der Waals surface area (Å²) in [7, 11) is 0. The molecule has 0 bridgehead atoms. The standard InChI is InChI=1S/C23H29NO3/c1-4-20(23(27)16(2)3)22(26)13-10-18(21-7-5-6-14-24-21)15-17-8-11-19(25)12-9-17/h4-9,11-12,14-16,20,22-23,25-27H,1,10,13H2,2-3H3/b18-15-/t20-,22-,23-/m1/s1. The minimum absolute atomic E-state index is 0.0467. The molecule has 3 N–H and O–H groups in total. The van der Waals surface area contributed by atoms with Crippen LogP contribution < -0.4 is 0 Å². The molecule has 3 atom stereocenters. The molecule has 4 heteroatoms. The van der Waals surface area contributed by atoms with Gasteiger partial charge in [-0.3, -0.25) is 4.98 Å². The highest BCUT2D eigenvalue weighted by molar-refractivity contribution is 5.80. The molecule has 4 nitrogen and oxygen atoms in total. The Morgan fingerprint density at radius 2 is 1.81 bits per heavy atom. The van der Waals surface area contributed by atoms with Crippen molar-refractivity contribution in [3.05, 3.63) is 72.6 Å². The Balaban J connectivity index is 2.20. The number of nitrogens with zero attached hydrogens (tertiary/aromatic N) is 1. The Kier molecular flexibility index (Phi) is 7.77. The van der Waals surface area contributed by atoms with E-state index in [-0.39, 0.29) is 17.6 Å². The van der Waals surface area contributed by atoms with Crippen LogP contribution >= 0.6 is 0 Å². The molecule has 0 unspecified atom stereocenters. The van der Waals surface area contributed by atoms with Crippen molar-refractivity contribution < 1.29 is 15.3 Å². The summed E-state index contributed by atoms with van der Waals surface area (Å²) in [5.74, 6) is -0.104. The van der Waals surface area contributed by atoms with Gasteiger partial charge in [-0.15, -0.1) is 6.58 Å². The molecule has 0 saturated carbocycles. The minimum Gasteiger partial charge on any atom is -0.508 e. The Bertz CT molecular complexity index is 738. The summed E-state index contributed by atoms with van der Waals surface area (Å²) in [6, 6.07) is 12.7. The van der Waals surface area contributed by atoms with Crippen molar-refractivity contribution in [2.45, 2.75) is 38.9 Å². The molecule has 0 spiro atoms. The van der Waals surface area contributed by atoms with Gasteiger partial charge in [-0.2, -0.15) is 0 Å². The monoisotopic (exact) mass is 367 g/mol. The van der Waals surface area contributed by atoms with E-state index in [1.165, 1.54) is 0 Å². The summed E-state index contributed by atoms with van der Waals surface area (Å²) in [4.78, 5) is 4.43. The largest absolute Gasteiger partial charge is 0.508 e. The van der Waals surface area contributed by atoms with Gasteiger partial charge in [0.2, 0.25) is 0 Å². The number of hydrogen-bond acceptors (Lipinski definition) is 4. The number of aromatic hydroxyl groups is 1. The van der Waals surface area contributed by atoms with Crippen LogP contribution in [0, 0.1) is 11.8 Å². The minimum atomic E-state index is -0.688. The number of allylic oxidation sites excluding steroid dienone is 1. The topological polar surface area (TPSA) is 73.6 Å². The second-order valence-electron chi connectivity index (χ2n) is 7.13. The Morgan fingerprint density at radius 3 is 2.37 bits per heavy atom. The number of rotatable bonds is 9. The second kappa shape index (κ2) is 10.0. The van der Waals surface area contributed by atoms with Crippen LogP contribution in [0.5, 0.6) is 5.75 Å². The van der Waals surface area contributed by atoms with Crippen molar-refractivity contribution in [2.75, 3.05) is 0 Å². The number of benzene rings is 1. The fourth-order valence-electron chi connectivity index (χ4n) is 3.06. The molecule has 1 heterocycles. The summed E-state index contributed by atoms with van der Waals surface area (Å²) < 4.78 is 0. The summed E-state index contributed by atoms with van der Waals surface area (Å²) in [5.41, 5.74) is 2.78. The molecule has 2 aromatic rings.